The molecule has 9 heteroatoms. The summed E-state index contributed by atoms with van der Waals surface area (Å²) in [5.74, 6) is 0.659. The van der Waals surface area contributed by atoms with Crippen molar-refractivity contribution in [3.05, 3.63) is 39.9 Å². The molecule has 2 N–H and O–H groups in total. The van der Waals surface area contributed by atoms with Crippen molar-refractivity contribution in [2.75, 3.05) is 39.4 Å². The van der Waals surface area contributed by atoms with Gasteiger partial charge in [0, 0.05) is 37.8 Å². The van der Waals surface area contributed by atoms with Crippen LogP contribution >= 0.6 is 24.0 Å². The Hall–Kier alpha value is -1.46. The zero-order valence-electron chi connectivity index (χ0n) is 16.2. The van der Waals surface area contributed by atoms with Crippen LogP contribution in [0.2, 0.25) is 0 Å². The van der Waals surface area contributed by atoms with Crippen LogP contribution in [0.1, 0.15) is 26.3 Å². The highest BCUT2D eigenvalue weighted by molar-refractivity contribution is 14.0. The predicted octanol–water partition coefficient (Wildman–Crippen LogP) is 2.38. The van der Waals surface area contributed by atoms with E-state index in [-0.39, 0.29) is 46.7 Å². The first kappa shape index (κ1) is 23.6. The maximum absolute atomic E-state index is 11.1. The molecular weight excluding hydrogens is 461 g/mol. The van der Waals surface area contributed by atoms with Gasteiger partial charge in [-0.2, -0.15) is 0 Å². The Balaban J connectivity index is 0.00000364. The molecule has 27 heavy (non-hydrogen) atoms. The zero-order chi connectivity index (χ0) is 19.0. The molecule has 8 nitrogen and oxygen atoms in total. The van der Waals surface area contributed by atoms with Crippen molar-refractivity contribution in [1.82, 2.24) is 15.5 Å². The van der Waals surface area contributed by atoms with Crippen molar-refractivity contribution >= 4 is 35.6 Å². The van der Waals surface area contributed by atoms with Crippen LogP contribution in [0.5, 0.6) is 0 Å². The van der Waals surface area contributed by atoms with Gasteiger partial charge < -0.3 is 15.4 Å². The van der Waals surface area contributed by atoms with Crippen LogP contribution in [0, 0.1) is 10.1 Å². The average Bonchev–Trinajstić information content (AvgIpc) is 2.65. The number of aliphatic imine (C=N–C) groups is 1. The number of guanidine groups is 1. The van der Waals surface area contributed by atoms with Crippen molar-refractivity contribution in [3.63, 3.8) is 0 Å². The Morgan fingerprint density at radius 2 is 1.96 bits per heavy atom. The van der Waals surface area contributed by atoms with E-state index in [0.717, 1.165) is 39.4 Å². The molecule has 0 radical (unpaired) electrons. The molecule has 0 unspecified atom stereocenters. The van der Waals surface area contributed by atoms with Gasteiger partial charge in [0.05, 0.1) is 30.2 Å². The van der Waals surface area contributed by atoms with E-state index in [9.17, 15) is 10.1 Å². The third-order valence-corrected chi connectivity index (χ3v) is 4.50. The Bertz CT molecular complexity index is 633. The third kappa shape index (κ3) is 7.23. The lowest BCUT2D eigenvalue weighted by molar-refractivity contribution is -0.385. The summed E-state index contributed by atoms with van der Waals surface area (Å²) in [7, 11) is 0. The SMILES string of the molecule is CCNC(=NCc1ccccc1[N+](=O)[O-])NCC(C)(C)N1CCOCC1.I. The van der Waals surface area contributed by atoms with Gasteiger partial charge in [0.15, 0.2) is 5.96 Å². The second-order valence-electron chi connectivity index (χ2n) is 6.85. The number of nitrogens with one attached hydrogen (secondary N) is 2. The summed E-state index contributed by atoms with van der Waals surface area (Å²) in [4.78, 5) is 17.7. The number of hydrogen-bond acceptors (Lipinski definition) is 5. The minimum absolute atomic E-state index is 0. The van der Waals surface area contributed by atoms with Crippen LogP contribution in [0.15, 0.2) is 29.3 Å². The van der Waals surface area contributed by atoms with E-state index >= 15 is 0 Å². The van der Waals surface area contributed by atoms with Crippen molar-refractivity contribution in [3.8, 4) is 0 Å². The van der Waals surface area contributed by atoms with Gasteiger partial charge >= 0.3 is 0 Å². The van der Waals surface area contributed by atoms with Gasteiger partial charge in [0.2, 0.25) is 0 Å². The Morgan fingerprint density at radius 1 is 1.30 bits per heavy atom. The lowest BCUT2D eigenvalue weighted by atomic mass is 10.0. The van der Waals surface area contributed by atoms with E-state index in [0.29, 0.717) is 11.5 Å². The van der Waals surface area contributed by atoms with Crippen molar-refractivity contribution in [2.24, 2.45) is 4.99 Å². The fourth-order valence-electron chi connectivity index (χ4n) is 2.91. The molecular formula is C18H30IN5O3. The summed E-state index contributed by atoms with van der Waals surface area (Å²) in [6, 6.07) is 6.70. The number of rotatable bonds is 7. The van der Waals surface area contributed by atoms with Crippen LogP contribution in [0.4, 0.5) is 5.69 Å². The monoisotopic (exact) mass is 491 g/mol. The number of morpholine rings is 1. The number of nitrogens with zero attached hydrogens (tertiary/aromatic N) is 3. The number of nitro benzene ring substituents is 1. The Labute approximate surface area is 177 Å². The average molecular weight is 491 g/mol. The number of ether oxygens (including phenoxy) is 1. The maximum Gasteiger partial charge on any atom is 0.274 e. The van der Waals surface area contributed by atoms with Crippen molar-refractivity contribution < 1.29 is 9.66 Å². The Morgan fingerprint density at radius 3 is 2.59 bits per heavy atom. The molecule has 0 saturated carbocycles. The predicted molar refractivity (Wildman–Crippen MR) is 118 cm³/mol. The van der Waals surface area contributed by atoms with Gasteiger partial charge in [-0.3, -0.25) is 15.0 Å². The molecule has 1 aromatic carbocycles. The largest absolute Gasteiger partial charge is 0.379 e. The van der Waals surface area contributed by atoms with Gasteiger partial charge in [-0.15, -0.1) is 24.0 Å². The third-order valence-electron chi connectivity index (χ3n) is 4.50. The molecule has 1 heterocycles. The highest BCUT2D eigenvalue weighted by atomic mass is 127. The highest BCUT2D eigenvalue weighted by Gasteiger charge is 2.28. The van der Waals surface area contributed by atoms with Gasteiger partial charge in [-0.05, 0) is 20.8 Å². The summed E-state index contributed by atoms with van der Waals surface area (Å²) < 4.78 is 5.42. The topological polar surface area (TPSA) is 92.0 Å². The van der Waals surface area contributed by atoms with E-state index in [1.165, 1.54) is 6.07 Å². The summed E-state index contributed by atoms with van der Waals surface area (Å²) in [5, 5.41) is 17.7. The van der Waals surface area contributed by atoms with Crippen molar-refractivity contribution in [2.45, 2.75) is 32.9 Å². The van der Waals surface area contributed by atoms with Crippen LogP contribution in [-0.2, 0) is 11.3 Å². The summed E-state index contributed by atoms with van der Waals surface area (Å²) >= 11 is 0. The van der Waals surface area contributed by atoms with Crippen LogP contribution in [0.25, 0.3) is 0 Å². The minimum atomic E-state index is -0.368. The second kappa shape index (κ2) is 11.4. The quantitative estimate of drug-likeness (QED) is 0.200. The van der Waals surface area contributed by atoms with Gasteiger partial charge in [0.25, 0.3) is 5.69 Å². The van der Waals surface area contributed by atoms with Crippen LogP contribution < -0.4 is 10.6 Å². The molecule has 1 aliphatic rings. The number of benzene rings is 1. The zero-order valence-corrected chi connectivity index (χ0v) is 18.6. The molecule has 1 fully saturated rings. The lowest BCUT2D eigenvalue weighted by Crippen LogP contribution is -2.56. The molecule has 0 aromatic heterocycles. The molecule has 152 valence electrons. The molecule has 2 rings (SSSR count). The molecule has 0 bridgehead atoms. The normalized spacial score (nSPS) is 15.7. The van der Waals surface area contributed by atoms with E-state index in [2.05, 4.69) is 34.4 Å². The maximum atomic E-state index is 11.1. The molecule has 0 aliphatic carbocycles. The standard InChI is InChI=1S/C18H29N5O3.HI/c1-4-19-17(20-13-15-7-5-6-8-16(15)23(24)25)21-14-18(2,3)22-9-11-26-12-10-22;/h5-8H,4,9-14H2,1-3H3,(H2,19,20,21);1H. The first-order valence-electron chi connectivity index (χ1n) is 9.01. The van der Waals surface area contributed by atoms with Crippen molar-refractivity contribution in [1.29, 1.82) is 0 Å². The van der Waals surface area contributed by atoms with E-state index < -0.39 is 0 Å². The number of para-hydroxylation sites is 1. The molecule has 1 saturated heterocycles. The molecule has 0 amide bonds. The molecule has 0 atom stereocenters. The lowest BCUT2D eigenvalue weighted by Gasteiger charge is -2.41. The minimum Gasteiger partial charge on any atom is -0.379 e. The van der Waals surface area contributed by atoms with E-state index in [4.69, 9.17) is 4.74 Å². The number of nitro groups is 1. The summed E-state index contributed by atoms with van der Waals surface area (Å²) in [6.45, 7) is 11.4. The van der Waals surface area contributed by atoms with Gasteiger partial charge in [0.1, 0.15) is 0 Å². The Kier molecular flexibility index (Phi) is 9.95. The second-order valence-corrected chi connectivity index (χ2v) is 6.85. The smallest absolute Gasteiger partial charge is 0.274 e. The first-order chi connectivity index (χ1) is 12.4. The van der Waals surface area contributed by atoms with Crippen LogP contribution in [0.3, 0.4) is 0 Å². The summed E-state index contributed by atoms with van der Waals surface area (Å²) in [6.07, 6.45) is 0. The highest BCUT2D eigenvalue weighted by Crippen LogP contribution is 2.18. The molecule has 0 spiro atoms. The summed E-state index contributed by atoms with van der Waals surface area (Å²) in [5.41, 5.74) is 0.654. The molecule has 1 aromatic rings. The van der Waals surface area contributed by atoms with E-state index in [1.54, 1.807) is 18.2 Å². The molecule has 1 aliphatic heterocycles. The fraction of sp³-hybridized carbons (Fsp3) is 0.611. The fourth-order valence-corrected chi connectivity index (χ4v) is 2.91. The number of halogens is 1. The van der Waals surface area contributed by atoms with Crippen LogP contribution in [-0.4, -0.2) is 60.7 Å². The number of hydrogen-bond donors (Lipinski definition) is 2. The van der Waals surface area contributed by atoms with Gasteiger partial charge in [-0.25, -0.2) is 4.99 Å². The first-order valence-corrected chi connectivity index (χ1v) is 9.01. The van der Waals surface area contributed by atoms with E-state index in [1.807, 2.05) is 6.92 Å². The van der Waals surface area contributed by atoms with Gasteiger partial charge in [-0.1, -0.05) is 18.2 Å².